The number of hydrogen-bond acceptors (Lipinski definition) is 5. The van der Waals surface area contributed by atoms with Crippen LogP contribution in [0.4, 0.5) is 0 Å². The molecule has 0 aliphatic heterocycles. The lowest BCUT2D eigenvalue weighted by Gasteiger charge is -2.36. The predicted molar refractivity (Wildman–Crippen MR) is 158 cm³/mol. The Morgan fingerprint density at radius 2 is 1.77 bits per heavy atom. The molecule has 10 heteroatoms. The Morgan fingerprint density at radius 1 is 1.10 bits per heavy atom. The van der Waals surface area contributed by atoms with Crippen molar-refractivity contribution in [3.8, 4) is 17.1 Å². The monoisotopic (exact) mass is 585 g/mol. The van der Waals surface area contributed by atoms with Gasteiger partial charge >= 0.3 is 5.97 Å². The lowest BCUT2D eigenvalue weighted by molar-refractivity contribution is -0.151. The molecule has 2 aromatic heterocycles. The van der Waals surface area contributed by atoms with Gasteiger partial charge in [-0.05, 0) is 81.9 Å². The van der Waals surface area contributed by atoms with Crippen LogP contribution in [0.5, 0.6) is 5.88 Å². The normalized spacial score (nSPS) is 22.2. The van der Waals surface area contributed by atoms with Gasteiger partial charge in [0.05, 0.1) is 33.4 Å². The maximum Gasteiger partial charge on any atom is 0.309 e. The third-order valence-corrected chi connectivity index (χ3v) is 9.44. The number of fused-ring (bicyclic) bond motifs is 1. The predicted octanol–water partition coefficient (Wildman–Crippen LogP) is 6.42. The van der Waals surface area contributed by atoms with Crippen LogP contribution in [0.2, 0.25) is 5.02 Å². The number of sulfonamides is 1. The number of aromatic nitrogens is 2. The fourth-order valence-electron chi connectivity index (χ4n) is 5.88. The fourth-order valence-corrected chi connectivity index (χ4v) is 6.96. The van der Waals surface area contributed by atoms with E-state index in [1.807, 2.05) is 38.1 Å². The van der Waals surface area contributed by atoms with Crippen LogP contribution >= 0.6 is 11.6 Å². The van der Waals surface area contributed by atoms with Crippen LogP contribution in [0.25, 0.3) is 27.9 Å². The standard InChI is InChI=1S/C30H36ClN3O5S/c1-30(2,29(35)36)21-10-14-23(15-11-21)39-27-17-26-25(32-27)16-24(31)28(33-26)20-6-4-18(5-7-20)19-8-12-22(13-9-19)34-40(3,37)38/h4-8,16-17,21-23,32,34H,9-15H2,1-3H3,(H,35,36)/t21-,22?,23-. The second kappa shape index (κ2) is 11.2. The van der Waals surface area contributed by atoms with Crippen molar-refractivity contribution >= 4 is 44.2 Å². The number of pyridine rings is 1. The molecular formula is C30H36ClN3O5S. The molecule has 214 valence electrons. The molecule has 2 heterocycles. The molecule has 2 aliphatic carbocycles. The lowest BCUT2D eigenvalue weighted by Crippen LogP contribution is -2.37. The third kappa shape index (κ3) is 6.37. The molecule has 1 fully saturated rings. The van der Waals surface area contributed by atoms with Crippen LogP contribution in [0, 0.1) is 11.3 Å². The third-order valence-electron chi connectivity index (χ3n) is 8.39. The quantitative estimate of drug-likeness (QED) is 0.280. The van der Waals surface area contributed by atoms with Gasteiger partial charge in [-0.15, -0.1) is 0 Å². The number of hydrogen-bond donors (Lipinski definition) is 3. The van der Waals surface area contributed by atoms with Crippen molar-refractivity contribution in [1.82, 2.24) is 14.7 Å². The lowest BCUT2D eigenvalue weighted by atomic mass is 9.70. The first-order valence-electron chi connectivity index (χ1n) is 13.8. The molecule has 0 radical (unpaired) electrons. The second-order valence-electron chi connectivity index (χ2n) is 11.7. The Labute approximate surface area is 240 Å². The summed E-state index contributed by atoms with van der Waals surface area (Å²) in [5.41, 5.74) is 4.75. The molecule has 0 amide bonds. The van der Waals surface area contributed by atoms with Crippen molar-refractivity contribution in [3.05, 3.63) is 53.1 Å². The Morgan fingerprint density at radius 3 is 2.38 bits per heavy atom. The molecule has 2 aliphatic rings. The summed E-state index contributed by atoms with van der Waals surface area (Å²) in [5, 5.41) is 10.1. The zero-order valence-electron chi connectivity index (χ0n) is 23.0. The highest BCUT2D eigenvalue weighted by Gasteiger charge is 2.39. The van der Waals surface area contributed by atoms with E-state index in [9.17, 15) is 18.3 Å². The number of halogens is 1. The number of carboxylic acid groups (broad SMARTS) is 1. The number of allylic oxidation sites excluding steroid dienone is 1. The number of nitrogens with one attached hydrogen (secondary N) is 2. The maximum absolute atomic E-state index is 11.6. The van der Waals surface area contributed by atoms with Gasteiger partial charge < -0.3 is 14.8 Å². The van der Waals surface area contributed by atoms with Gasteiger partial charge in [-0.3, -0.25) is 4.79 Å². The molecule has 0 saturated heterocycles. The number of rotatable bonds is 8. The van der Waals surface area contributed by atoms with Crippen molar-refractivity contribution < 1.29 is 23.1 Å². The average molecular weight is 586 g/mol. The summed E-state index contributed by atoms with van der Waals surface area (Å²) in [5.74, 6) is 0.0367. The number of H-pyrrole nitrogens is 1. The minimum atomic E-state index is -3.20. The minimum Gasteiger partial charge on any atom is -0.481 e. The minimum absolute atomic E-state index is 0.0305. The van der Waals surface area contributed by atoms with E-state index >= 15 is 0 Å². The highest BCUT2D eigenvalue weighted by Crippen LogP contribution is 2.40. The van der Waals surface area contributed by atoms with Crippen LogP contribution < -0.4 is 9.46 Å². The van der Waals surface area contributed by atoms with Gasteiger partial charge in [0.2, 0.25) is 10.0 Å². The Bertz CT molecular complexity index is 1540. The van der Waals surface area contributed by atoms with E-state index in [-0.39, 0.29) is 18.1 Å². The highest BCUT2D eigenvalue weighted by atomic mass is 35.5. The molecule has 0 bridgehead atoms. The molecule has 40 heavy (non-hydrogen) atoms. The van der Waals surface area contributed by atoms with Crippen molar-refractivity contribution in [2.45, 2.75) is 70.9 Å². The van der Waals surface area contributed by atoms with Crippen molar-refractivity contribution in [2.75, 3.05) is 6.26 Å². The average Bonchev–Trinajstić information content (AvgIpc) is 3.29. The summed E-state index contributed by atoms with van der Waals surface area (Å²) in [7, 11) is -3.20. The Hall–Kier alpha value is -2.88. The van der Waals surface area contributed by atoms with Gasteiger partial charge in [-0.1, -0.05) is 41.9 Å². The summed E-state index contributed by atoms with van der Waals surface area (Å²) in [6.45, 7) is 3.62. The van der Waals surface area contributed by atoms with Crippen LogP contribution in [0.1, 0.15) is 64.4 Å². The van der Waals surface area contributed by atoms with E-state index in [0.717, 1.165) is 60.7 Å². The molecular weight excluding hydrogens is 550 g/mol. The molecule has 3 aromatic rings. The van der Waals surface area contributed by atoms with Crippen LogP contribution in [-0.2, 0) is 14.8 Å². The van der Waals surface area contributed by atoms with E-state index in [1.54, 1.807) is 0 Å². The first kappa shape index (κ1) is 28.6. The summed E-state index contributed by atoms with van der Waals surface area (Å²) in [4.78, 5) is 19.7. The largest absolute Gasteiger partial charge is 0.481 e. The van der Waals surface area contributed by atoms with Crippen LogP contribution in [0.3, 0.4) is 0 Å². The molecule has 1 saturated carbocycles. The van der Waals surface area contributed by atoms with Gasteiger partial charge in [-0.25, -0.2) is 18.1 Å². The number of ether oxygens (including phenoxy) is 1. The zero-order chi connectivity index (χ0) is 28.7. The Kier molecular flexibility index (Phi) is 8.01. The van der Waals surface area contributed by atoms with Crippen molar-refractivity contribution in [2.24, 2.45) is 11.3 Å². The number of aromatic amines is 1. The molecule has 5 rings (SSSR count). The fraction of sp³-hybridized carbons (Fsp3) is 0.467. The van der Waals surface area contributed by atoms with Gasteiger partial charge in [-0.2, -0.15) is 0 Å². The molecule has 1 aromatic carbocycles. The van der Waals surface area contributed by atoms with E-state index in [4.69, 9.17) is 21.3 Å². The molecule has 3 N–H and O–H groups in total. The summed E-state index contributed by atoms with van der Waals surface area (Å²) in [6.07, 6.45) is 8.86. The Balaban J connectivity index is 1.25. The zero-order valence-corrected chi connectivity index (χ0v) is 24.6. The first-order valence-corrected chi connectivity index (χ1v) is 16.0. The van der Waals surface area contributed by atoms with E-state index in [1.165, 1.54) is 11.8 Å². The van der Waals surface area contributed by atoms with Crippen LogP contribution in [-0.4, -0.2) is 47.9 Å². The number of nitrogens with zero attached hydrogens (tertiary/aromatic N) is 1. The van der Waals surface area contributed by atoms with E-state index in [0.29, 0.717) is 23.0 Å². The number of aliphatic carboxylic acids is 1. The number of benzene rings is 1. The summed E-state index contributed by atoms with van der Waals surface area (Å²) >= 11 is 6.64. The van der Waals surface area contributed by atoms with Gasteiger partial charge in [0.1, 0.15) is 6.10 Å². The molecule has 0 spiro atoms. The molecule has 1 unspecified atom stereocenters. The van der Waals surface area contributed by atoms with E-state index < -0.39 is 21.4 Å². The van der Waals surface area contributed by atoms with Gasteiger partial charge in [0, 0.05) is 17.7 Å². The maximum atomic E-state index is 11.6. The molecule has 1 atom stereocenters. The SMILES string of the molecule is CC(C)(C(=O)O)[C@H]1CC[C@H](Oc2cc3nc(-c4ccc(C5=CCC(NS(C)(=O)=O)CC5)cc4)c(Cl)cc3[nH]2)CC1. The van der Waals surface area contributed by atoms with Crippen molar-refractivity contribution in [3.63, 3.8) is 0 Å². The topological polar surface area (TPSA) is 121 Å². The van der Waals surface area contributed by atoms with Gasteiger partial charge in [0.25, 0.3) is 0 Å². The number of carbonyl (C=O) groups is 1. The smallest absolute Gasteiger partial charge is 0.309 e. The first-order chi connectivity index (χ1) is 18.9. The second-order valence-corrected chi connectivity index (χ2v) is 13.9. The summed E-state index contributed by atoms with van der Waals surface area (Å²) in [6, 6.07) is 11.8. The van der Waals surface area contributed by atoms with Crippen molar-refractivity contribution in [1.29, 1.82) is 0 Å². The highest BCUT2D eigenvalue weighted by molar-refractivity contribution is 7.88. The molecule has 8 nitrogen and oxygen atoms in total. The summed E-state index contributed by atoms with van der Waals surface area (Å²) < 4.78 is 31.9. The van der Waals surface area contributed by atoms with E-state index in [2.05, 4.69) is 27.9 Å². The van der Waals surface area contributed by atoms with Crippen LogP contribution in [0.15, 0.2) is 42.5 Å². The van der Waals surface area contributed by atoms with Gasteiger partial charge in [0.15, 0.2) is 5.88 Å². The number of carboxylic acids is 1.